The van der Waals surface area contributed by atoms with E-state index in [0.29, 0.717) is 17.2 Å². The Morgan fingerprint density at radius 1 is 1.21 bits per heavy atom. The maximum absolute atomic E-state index is 12.5. The zero-order valence-electron chi connectivity index (χ0n) is 16.5. The summed E-state index contributed by atoms with van der Waals surface area (Å²) in [6.45, 7) is 4.11. The van der Waals surface area contributed by atoms with Crippen molar-refractivity contribution in [3.05, 3.63) is 57.5 Å². The first-order valence-corrected chi connectivity index (χ1v) is 10.9. The lowest BCUT2D eigenvalue weighted by atomic mass is 9.95. The van der Waals surface area contributed by atoms with Crippen molar-refractivity contribution in [1.82, 2.24) is 5.32 Å². The van der Waals surface area contributed by atoms with Crippen LogP contribution in [0.5, 0.6) is 0 Å². The lowest BCUT2D eigenvalue weighted by Crippen LogP contribution is -2.33. The van der Waals surface area contributed by atoms with Gasteiger partial charge in [0.2, 0.25) is 5.91 Å². The van der Waals surface area contributed by atoms with Crippen molar-refractivity contribution in [1.29, 1.82) is 0 Å². The van der Waals surface area contributed by atoms with E-state index < -0.39 is 0 Å². The molecule has 1 aliphatic carbocycles. The number of thiocarbonyl (C=S) groups is 1. The second kappa shape index (κ2) is 9.80. The van der Waals surface area contributed by atoms with E-state index >= 15 is 0 Å². The summed E-state index contributed by atoms with van der Waals surface area (Å²) in [6.07, 6.45) is 7.14. The average Bonchev–Trinajstić information content (AvgIpc) is 3.05. The lowest BCUT2D eigenvalue weighted by molar-refractivity contribution is -0.115. The molecule has 0 fully saturated rings. The highest BCUT2D eigenvalue weighted by molar-refractivity contribution is 7.80. The standard InChI is InChI=1S/C22H24N2O3S2/c1-3-27-21(26)19-16-6-4-5-7-17(16)29-20(19)24-22(28)23-18(25)13-12-15-10-8-14(2)9-11-15/h8-13H,3-7H2,1-2H3,(H2,23,24,25,28)/b13-12+. The van der Waals surface area contributed by atoms with Crippen LogP contribution in [0.4, 0.5) is 5.00 Å². The third-order valence-electron chi connectivity index (χ3n) is 4.62. The Labute approximate surface area is 180 Å². The number of thiophene rings is 1. The zero-order chi connectivity index (χ0) is 20.8. The van der Waals surface area contributed by atoms with E-state index in [2.05, 4.69) is 10.6 Å². The summed E-state index contributed by atoms with van der Waals surface area (Å²) in [6, 6.07) is 7.85. The van der Waals surface area contributed by atoms with Gasteiger partial charge in [0, 0.05) is 11.0 Å². The summed E-state index contributed by atoms with van der Waals surface area (Å²) in [5, 5.41) is 6.47. The molecule has 2 aromatic rings. The Balaban J connectivity index is 1.68. The molecule has 3 rings (SSSR count). The summed E-state index contributed by atoms with van der Waals surface area (Å²) in [5.74, 6) is -0.676. The molecule has 0 saturated heterocycles. The topological polar surface area (TPSA) is 67.4 Å². The van der Waals surface area contributed by atoms with Gasteiger partial charge in [-0.25, -0.2) is 4.79 Å². The number of amides is 1. The average molecular weight is 429 g/mol. The van der Waals surface area contributed by atoms with Gasteiger partial charge < -0.3 is 10.1 Å². The van der Waals surface area contributed by atoms with Crippen LogP contribution in [0.1, 0.15) is 51.7 Å². The quantitative estimate of drug-likeness (QED) is 0.413. The molecule has 0 radical (unpaired) electrons. The first kappa shape index (κ1) is 21.2. The van der Waals surface area contributed by atoms with E-state index in [-0.39, 0.29) is 17.0 Å². The molecular formula is C22H24N2O3S2. The number of esters is 1. The van der Waals surface area contributed by atoms with E-state index in [4.69, 9.17) is 17.0 Å². The van der Waals surface area contributed by atoms with Crippen molar-refractivity contribution in [2.75, 3.05) is 11.9 Å². The minimum absolute atomic E-state index is 0.160. The lowest BCUT2D eigenvalue weighted by Gasteiger charge is -2.12. The molecule has 0 bridgehead atoms. The maximum atomic E-state index is 12.5. The van der Waals surface area contributed by atoms with Crippen molar-refractivity contribution in [3.63, 3.8) is 0 Å². The number of hydrogen-bond donors (Lipinski definition) is 2. The molecule has 0 spiro atoms. The van der Waals surface area contributed by atoms with E-state index in [1.807, 2.05) is 31.2 Å². The van der Waals surface area contributed by atoms with Gasteiger partial charge in [0.1, 0.15) is 5.00 Å². The highest BCUT2D eigenvalue weighted by Gasteiger charge is 2.26. The van der Waals surface area contributed by atoms with Gasteiger partial charge in [-0.05, 0) is 69.0 Å². The van der Waals surface area contributed by atoms with Crippen LogP contribution in [0.2, 0.25) is 0 Å². The fourth-order valence-electron chi connectivity index (χ4n) is 3.21. The van der Waals surface area contributed by atoms with Crippen molar-refractivity contribution < 1.29 is 14.3 Å². The van der Waals surface area contributed by atoms with E-state index in [1.54, 1.807) is 13.0 Å². The summed E-state index contributed by atoms with van der Waals surface area (Å²) >= 11 is 6.80. The molecule has 1 heterocycles. The molecule has 0 aliphatic heterocycles. The van der Waals surface area contributed by atoms with Crippen molar-refractivity contribution in [2.45, 2.75) is 39.5 Å². The second-order valence-corrected chi connectivity index (χ2v) is 8.34. The van der Waals surface area contributed by atoms with Gasteiger partial charge >= 0.3 is 5.97 Å². The molecule has 1 aromatic heterocycles. The van der Waals surface area contributed by atoms with Crippen LogP contribution in [-0.2, 0) is 22.4 Å². The number of rotatable bonds is 5. The molecule has 5 nitrogen and oxygen atoms in total. The van der Waals surface area contributed by atoms with Crippen LogP contribution in [-0.4, -0.2) is 23.6 Å². The fourth-order valence-corrected chi connectivity index (χ4v) is 4.76. The fraction of sp³-hybridized carbons (Fsp3) is 0.318. The number of aryl methyl sites for hydroxylation is 2. The molecule has 0 unspecified atom stereocenters. The van der Waals surface area contributed by atoms with Gasteiger partial charge in [0.15, 0.2) is 5.11 Å². The summed E-state index contributed by atoms with van der Waals surface area (Å²) < 4.78 is 5.24. The first-order chi connectivity index (χ1) is 14.0. The summed E-state index contributed by atoms with van der Waals surface area (Å²) in [4.78, 5) is 25.9. The minimum Gasteiger partial charge on any atom is -0.462 e. The van der Waals surface area contributed by atoms with Crippen molar-refractivity contribution >= 4 is 51.6 Å². The number of anilines is 1. The van der Waals surface area contributed by atoms with Gasteiger partial charge in [0.05, 0.1) is 12.2 Å². The van der Waals surface area contributed by atoms with Crippen LogP contribution in [0.25, 0.3) is 6.08 Å². The van der Waals surface area contributed by atoms with Crippen LogP contribution in [0, 0.1) is 6.92 Å². The predicted octanol–water partition coefficient (Wildman–Crippen LogP) is 4.64. The van der Waals surface area contributed by atoms with Gasteiger partial charge in [-0.2, -0.15) is 0 Å². The zero-order valence-corrected chi connectivity index (χ0v) is 18.2. The highest BCUT2D eigenvalue weighted by Crippen LogP contribution is 2.38. The SMILES string of the molecule is CCOC(=O)c1c(NC(=S)NC(=O)/C=C/c2ccc(C)cc2)sc2c1CCCC2. The van der Waals surface area contributed by atoms with E-state index in [1.165, 1.54) is 22.3 Å². The number of carbonyl (C=O) groups is 2. The van der Waals surface area contributed by atoms with Gasteiger partial charge in [-0.15, -0.1) is 11.3 Å². The Kier molecular flexibility index (Phi) is 7.17. The Morgan fingerprint density at radius 2 is 1.93 bits per heavy atom. The number of nitrogens with one attached hydrogen (secondary N) is 2. The Bertz CT molecular complexity index is 946. The molecule has 152 valence electrons. The number of hydrogen-bond acceptors (Lipinski definition) is 5. The smallest absolute Gasteiger partial charge is 0.341 e. The maximum Gasteiger partial charge on any atom is 0.341 e. The van der Waals surface area contributed by atoms with Gasteiger partial charge in [-0.3, -0.25) is 10.1 Å². The summed E-state index contributed by atoms with van der Waals surface area (Å²) in [7, 11) is 0. The van der Waals surface area contributed by atoms with Crippen molar-refractivity contribution in [2.24, 2.45) is 0 Å². The number of benzene rings is 1. The monoisotopic (exact) mass is 428 g/mol. The largest absolute Gasteiger partial charge is 0.462 e. The molecule has 7 heteroatoms. The van der Waals surface area contributed by atoms with Crippen LogP contribution in [0.3, 0.4) is 0 Å². The molecule has 1 aromatic carbocycles. The molecule has 0 atom stereocenters. The van der Waals surface area contributed by atoms with E-state index in [9.17, 15) is 9.59 Å². The molecule has 0 saturated carbocycles. The van der Waals surface area contributed by atoms with Crippen LogP contribution in [0.15, 0.2) is 30.3 Å². The predicted molar refractivity (Wildman–Crippen MR) is 121 cm³/mol. The first-order valence-electron chi connectivity index (χ1n) is 9.66. The Morgan fingerprint density at radius 3 is 2.66 bits per heavy atom. The second-order valence-electron chi connectivity index (χ2n) is 6.82. The molecule has 2 N–H and O–H groups in total. The number of fused-ring (bicyclic) bond motifs is 1. The van der Waals surface area contributed by atoms with E-state index in [0.717, 1.165) is 42.4 Å². The highest BCUT2D eigenvalue weighted by atomic mass is 32.1. The summed E-state index contributed by atoms with van der Waals surface area (Å²) in [5.41, 5.74) is 3.70. The third kappa shape index (κ3) is 5.52. The molecule has 1 amide bonds. The molecular weight excluding hydrogens is 404 g/mol. The third-order valence-corrected chi connectivity index (χ3v) is 6.03. The van der Waals surface area contributed by atoms with Gasteiger partial charge in [0.25, 0.3) is 0 Å². The molecule has 1 aliphatic rings. The molecule has 29 heavy (non-hydrogen) atoms. The number of ether oxygens (including phenoxy) is 1. The normalized spacial score (nSPS) is 13.0. The van der Waals surface area contributed by atoms with Gasteiger partial charge in [-0.1, -0.05) is 29.8 Å². The van der Waals surface area contributed by atoms with Crippen LogP contribution < -0.4 is 10.6 Å². The number of carbonyl (C=O) groups excluding carboxylic acids is 2. The van der Waals surface area contributed by atoms with Crippen LogP contribution >= 0.6 is 23.6 Å². The van der Waals surface area contributed by atoms with Crippen molar-refractivity contribution in [3.8, 4) is 0 Å². The minimum atomic E-state index is -0.345. The Hall–Kier alpha value is -2.51.